The van der Waals surface area contributed by atoms with E-state index in [1.807, 2.05) is 12.1 Å². The largest absolute Gasteiger partial charge is 0.253 e. The first kappa shape index (κ1) is 7.68. The Morgan fingerprint density at radius 2 is 2.10 bits per heavy atom. The van der Waals surface area contributed by atoms with E-state index in [1.54, 1.807) is 0 Å². The molecule has 0 N–H and O–H groups in total. The Morgan fingerprint density at radius 3 is 2.50 bits per heavy atom. The quantitative estimate of drug-likeness (QED) is 0.559. The molecular formula is C8H12NP. The van der Waals surface area contributed by atoms with Crippen molar-refractivity contribution in [3.8, 4) is 0 Å². The van der Waals surface area contributed by atoms with Gasteiger partial charge in [0.15, 0.2) is 0 Å². The van der Waals surface area contributed by atoms with Gasteiger partial charge in [-0.3, -0.25) is 4.98 Å². The highest BCUT2D eigenvalue weighted by Crippen LogP contribution is 2.08. The highest BCUT2D eigenvalue weighted by atomic mass is 31.0. The van der Waals surface area contributed by atoms with Crippen LogP contribution in [0.25, 0.3) is 0 Å². The molecule has 0 spiro atoms. The Kier molecular flexibility index (Phi) is 2.39. The molecule has 10 heavy (non-hydrogen) atoms. The zero-order valence-electron chi connectivity index (χ0n) is 6.33. The van der Waals surface area contributed by atoms with Crippen molar-refractivity contribution in [1.29, 1.82) is 0 Å². The van der Waals surface area contributed by atoms with Crippen LogP contribution < -0.4 is 5.44 Å². The topological polar surface area (TPSA) is 12.9 Å². The summed E-state index contributed by atoms with van der Waals surface area (Å²) in [6.07, 6.45) is 0. The third-order valence-electron chi connectivity index (χ3n) is 1.38. The number of aromatic nitrogens is 1. The Hall–Kier alpha value is -0.420. The Bertz CT molecular complexity index is 220. The van der Waals surface area contributed by atoms with Crippen molar-refractivity contribution < 1.29 is 0 Å². The first-order valence-electron chi connectivity index (χ1n) is 3.42. The van der Waals surface area contributed by atoms with Gasteiger partial charge in [-0.2, -0.15) is 0 Å². The van der Waals surface area contributed by atoms with Gasteiger partial charge in [0.05, 0.1) is 5.44 Å². The van der Waals surface area contributed by atoms with E-state index in [9.17, 15) is 0 Å². The lowest BCUT2D eigenvalue weighted by Crippen LogP contribution is -2.02. The molecular weight excluding hydrogens is 141 g/mol. The predicted octanol–water partition coefficient (Wildman–Crippen LogP) is 1.71. The maximum Gasteiger partial charge on any atom is 0.0572 e. The Morgan fingerprint density at radius 1 is 1.40 bits per heavy atom. The smallest absolute Gasteiger partial charge is 0.0572 e. The SMILES string of the molecule is CC(C)c1cccc(P)n1. The van der Waals surface area contributed by atoms with E-state index in [1.165, 1.54) is 0 Å². The fourth-order valence-corrected chi connectivity index (χ4v) is 1.05. The third-order valence-corrected chi connectivity index (χ3v) is 1.71. The highest BCUT2D eigenvalue weighted by Gasteiger charge is 1.98. The highest BCUT2D eigenvalue weighted by molar-refractivity contribution is 7.26. The molecule has 0 amide bonds. The predicted molar refractivity (Wildman–Crippen MR) is 47.7 cm³/mol. The van der Waals surface area contributed by atoms with Crippen LogP contribution in [0, 0.1) is 0 Å². The molecule has 2 heteroatoms. The molecule has 1 atom stereocenters. The van der Waals surface area contributed by atoms with Crippen molar-refractivity contribution in [3.63, 3.8) is 0 Å². The van der Waals surface area contributed by atoms with Gasteiger partial charge in [-0.15, -0.1) is 0 Å². The van der Waals surface area contributed by atoms with Gasteiger partial charge in [0, 0.05) is 5.69 Å². The van der Waals surface area contributed by atoms with Gasteiger partial charge in [0.1, 0.15) is 0 Å². The van der Waals surface area contributed by atoms with Crippen LogP contribution in [-0.4, -0.2) is 4.98 Å². The van der Waals surface area contributed by atoms with Gasteiger partial charge in [-0.25, -0.2) is 0 Å². The molecule has 1 rings (SSSR count). The van der Waals surface area contributed by atoms with Crippen LogP contribution in [0.2, 0.25) is 0 Å². The van der Waals surface area contributed by atoms with Crippen molar-refractivity contribution >= 4 is 14.7 Å². The molecule has 0 aliphatic carbocycles. The first-order valence-corrected chi connectivity index (χ1v) is 4.00. The summed E-state index contributed by atoms with van der Waals surface area (Å²) in [6.45, 7) is 4.29. The van der Waals surface area contributed by atoms with Gasteiger partial charge < -0.3 is 0 Å². The Balaban J connectivity index is 2.96. The normalized spacial score (nSPS) is 10.4. The summed E-state index contributed by atoms with van der Waals surface area (Å²) < 4.78 is 0. The molecule has 0 aliphatic rings. The lowest BCUT2D eigenvalue weighted by molar-refractivity contribution is 0.828. The summed E-state index contributed by atoms with van der Waals surface area (Å²) in [5.74, 6) is 0.528. The fraction of sp³-hybridized carbons (Fsp3) is 0.375. The summed E-state index contributed by atoms with van der Waals surface area (Å²) in [4.78, 5) is 4.34. The van der Waals surface area contributed by atoms with Gasteiger partial charge in [-0.05, 0) is 18.1 Å². The second-order valence-corrected chi connectivity index (χ2v) is 3.23. The van der Waals surface area contributed by atoms with E-state index in [-0.39, 0.29) is 0 Å². The summed E-state index contributed by atoms with van der Waals surface area (Å²) >= 11 is 0. The molecule has 54 valence electrons. The number of nitrogens with zero attached hydrogens (tertiary/aromatic N) is 1. The zero-order chi connectivity index (χ0) is 7.56. The fourth-order valence-electron chi connectivity index (χ4n) is 0.790. The monoisotopic (exact) mass is 153 g/mol. The second kappa shape index (κ2) is 3.12. The average molecular weight is 153 g/mol. The molecule has 0 aliphatic heterocycles. The van der Waals surface area contributed by atoms with E-state index in [4.69, 9.17) is 0 Å². The molecule has 1 unspecified atom stereocenters. The van der Waals surface area contributed by atoms with Crippen molar-refractivity contribution in [2.75, 3.05) is 0 Å². The number of hydrogen-bond acceptors (Lipinski definition) is 1. The molecule has 1 aromatic heterocycles. The van der Waals surface area contributed by atoms with Crippen molar-refractivity contribution in [1.82, 2.24) is 4.98 Å². The molecule has 1 heterocycles. The van der Waals surface area contributed by atoms with Gasteiger partial charge in [0.25, 0.3) is 0 Å². The number of hydrogen-bond donors (Lipinski definition) is 0. The molecule has 0 fully saturated rings. The van der Waals surface area contributed by atoms with Crippen LogP contribution in [0.3, 0.4) is 0 Å². The van der Waals surface area contributed by atoms with E-state index >= 15 is 0 Å². The third kappa shape index (κ3) is 1.78. The maximum absolute atomic E-state index is 4.34. The van der Waals surface area contributed by atoms with Gasteiger partial charge in [0.2, 0.25) is 0 Å². The second-order valence-electron chi connectivity index (χ2n) is 2.64. The molecule has 0 aromatic carbocycles. The molecule has 0 radical (unpaired) electrons. The lowest BCUT2D eigenvalue weighted by atomic mass is 10.1. The van der Waals surface area contributed by atoms with Crippen LogP contribution in [0.15, 0.2) is 18.2 Å². The molecule has 1 nitrogen and oxygen atoms in total. The lowest BCUT2D eigenvalue weighted by Gasteiger charge is -2.03. The van der Waals surface area contributed by atoms with Crippen LogP contribution >= 0.6 is 9.24 Å². The summed E-state index contributed by atoms with van der Waals surface area (Å²) in [6, 6.07) is 6.07. The minimum atomic E-state index is 0.528. The van der Waals surface area contributed by atoms with E-state index in [0.29, 0.717) is 5.92 Å². The summed E-state index contributed by atoms with van der Waals surface area (Å²) in [5.41, 5.74) is 2.18. The van der Waals surface area contributed by atoms with E-state index in [0.717, 1.165) is 11.1 Å². The summed E-state index contributed by atoms with van der Waals surface area (Å²) in [7, 11) is 2.60. The van der Waals surface area contributed by atoms with Gasteiger partial charge in [-0.1, -0.05) is 29.2 Å². The standard InChI is InChI=1S/C8H12NP/c1-6(2)7-4-3-5-8(10)9-7/h3-6H,10H2,1-2H3. The first-order chi connectivity index (χ1) is 4.70. The molecule has 0 saturated heterocycles. The number of pyridine rings is 1. The van der Waals surface area contributed by atoms with Crippen LogP contribution in [-0.2, 0) is 0 Å². The van der Waals surface area contributed by atoms with Crippen molar-refractivity contribution in [2.24, 2.45) is 0 Å². The summed E-state index contributed by atoms with van der Waals surface area (Å²) in [5, 5.41) is 0. The van der Waals surface area contributed by atoms with Crippen LogP contribution in [0.1, 0.15) is 25.5 Å². The van der Waals surface area contributed by atoms with Gasteiger partial charge >= 0.3 is 0 Å². The minimum Gasteiger partial charge on any atom is -0.253 e. The number of rotatable bonds is 1. The zero-order valence-corrected chi connectivity index (χ0v) is 7.49. The maximum atomic E-state index is 4.34. The van der Waals surface area contributed by atoms with Crippen LogP contribution in [0.5, 0.6) is 0 Å². The van der Waals surface area contributed by atoms with E-state index in [2.05, 4.69) is 34.1 Å². The Labute approximate surface area is 64.1 Å². The van der Waals surface area contributed by atoms with Crippen molar-refractivity contribution in [3.05, 3.63) is 23.9 Å². The average Bonchev–Trinajstić information content (AvgIpc) is 1.88. The molecule has 1 aromatic rings. The van der Waals surface area contributed by atoms with Crippen molar-refractivity contribution in [2.45, 2.75) is 19.8 Å². The van der Waals surface area contributed by atoms with E-state index < -0.39 is 0 Å². The minimum absolute atomic E-state index is 0.528. The van der Waals surface area contributed by atoms with Crippen LogP contribution in [0.4, 0.5) is 0 Å². The molecule has 0 bridgehead atoms. The molecule has 0 saturated carbocycles.